The molecular weight excluding hydrogens is 410 g/mol. The largest absolute Gasteiger partial charge is 0.326 e. The van der Waals surface area contributed by atoms with Gasteiger partial charge in [-0.15, -0.1) is 0 Å². The summed E-state index contributed by atoms with van der Waals surface area (Å²) in [5.41, 5.74) is 6.97. The van der Waals surface area contributed by atoms with Gasteiger partial charge in [0, 0.05) is 29.6 Å². The molecule has 2 aromatic carbocycles. The van der Waals surface area contributed by atoms with Crippen molar-refractivity contribution < 1.29 is 4.79 Å². The number of aryl methyl sites for hydroxylation is 3. The Morgan fingerprint density at radius 3 is 2.36 bits per heavy atom. The number of nitrogens with zero attached hydrogens (tertiary/aromatic N) is 3. The maximum Gasteiger partial charge on any atom is 0.257 e. The second kappa shape index (κ2) is 10.0. The number of aromatic nitrogens is 2. The summed E-state index contributed by atoms with van der Waals surface area (Å²) in [5, 5.41) is 10.7. The molecule has 0 fully saturated rings. The van der Waals surface area contributed by atoms with Crippen LogP contribution in [-0.2, 0) is 25.4 Å². The third-order valence-corrected chi connectivity index (χ3v) is 5.90. The zero-order valence-corrected chi connectivity index (χ0v) is 20.8. The molecule has 6 nitrogen and oxygen atoms in total. The molecule has 0 radical (unpaired) electrons. The number of hydrogen-bond donors (Lipinski definition) is 2. The van der Waals surface area contributed by atoms with E-state index in [9.17, 15) is 4.79 Å². The lowest BCUT2D eigenvalue weighted by Crippen LogP contribution is -2.36. The van der Waals surface area contributed by atoms with Gasteiger partial charge in [-0.25, -0.2) is 4.99 Å². The van der Waals surface area contributed by atoms with Gasteiger partial charge in [0.05, 0.1) is 12.2 Å². The van der Waals surface area contributed by atoms with E-state index in [1.807, 2.05) is 62.0 Å². The first kappa shape index (κ1) is 24.2. The van der Waals surface area contributed by atoms with Crippen LogP contribution in [0.2, 0.25) is 0 Å². The molecule has 0 saturated carbocycles. The molecule has 0 aliphatic heterocycles. The number of rotatable bonds is 5. The quantitative estimate of drug-likeness (QED) is 0.414. The lowest BCUT2D eigenvalue weighted by atomic mass is 9.87. The van der Waals surface area contributed by atoms with Crippen LogP contribution in [0.1, 0.15) is 66.1 Å². The van der Waals surface area contributed by atoms with E-state index in [0.717, 1.165) is 29.1 Å². The third-order valence-electron chi connectivity index (χ3n) is 5.90. The number of guanidine groups is 1. The van der Waals surface area contributed by atoms with E-state index < -0.39 is 0 Å². The van der Waals surface area contributed by atoms with Crippen molar-refractivity contribution in [2.45, 2.75) is 59.9 Å². The Labute approximate surface area is 197 Å². The summed E-state index contributed by atoms with van der Waals surface area (Å²) in [5.74, 6) is 0.212. The van der Waals surface area contributed by atoms with Crippen LogP contribution < -0.4 is 10.6 Å². The van der Waals surface area contributed by atoms with Crippen LogP contribution in [0.25, 0.3) is 0 Å². The normalized spacial score (nSPS) is 12.0. The van der Waals surface area contributed by atoms with Crippen molar-refractivity contribution in [2.75, 3.05) is 5.32 Å². The van der Waals surface area contributed by atoms with Gasteiger partial charge in [0.1, 0.15) is 0 Å². The average Bonchev–Trinajstić information content (AvgIpc) is 3.02. The van der Waals surface area contributed by atoms with Crippen molar-refractivity contribution in [1.29, 1.82) is 0 Å². The highest BCUT2D eigenvalue weighted by Crippen LogP contribution is 2.22. The minimum absolute atomic E-state index is 0.0346. The Kier molecular flexibility index (Phi) is 7.36. The molecule has 0 spiro atoms. The molecule has 3 aromatic rings. The first-order chi connectivity index (χ1) is 15.6. The Morgan fingerprint density at radius 1 is 1.09 bits per heavy atom. The first-order valence-corrected chi connectivity index (χ1v) is 11.4. The Bertz CT molecular complexity index is 1150. The van der Waals surface area contributed by atoms with Gasteiger partial charge in [-0.1, -0.05) is 52.0 Å². The minimum atomic E-state index is -0.201. The van der Waals surface area contributed by atoms with Crippen molar-refractivity contribution >= 4 is 17.6 Å². The molecule has 0 bridgehead atoms. The summed E-state index contributed by atoms with van der Waals surface area (Å²) in [6.45, 7) is 13.0. The maximum absolute atomic E-state index is 13.0. The second-order valence-corrected chi connectivity index (χ2v) is 9.40. The second-order valence-electron chi connectivity index (χ2n) is 9.40. The molecule has 0 aliphatic rings. The van der Waals surface area contributed by atoms with E-state index in [2.05, 4.69) is 55.6 Å². The number of amides is 1. The molecule has 3 rings (SSSR count). The van der Waals surface area contributed by atoms with E-state index in [0.29, 0.717) is 18.1 Å². The predicted molar refractivity (Wildman–Crippen MR) is 136 cm³/mol. The zero-order valence-electron chi connectivity index (χ0n) is 20.8. The number of carbonyl (C=O) groups excluding carboxylic acids is 1. The third kappa shape index (κ3) is 6.09. The van der Waals surface area contributed by atoms with Crippen molar-refractivity contribution in [3.8, 4) is 0 Å². The lowest BCUT2D eigenvalue weighted by Gasteiger charge is -2.19. The Morgan fingerprint density at radius 2 is 1.79 bits per heavy atom. The molecule has 0 atom stereocenters. The van der Waals surface area contributed by atoms with Gasteiger partial charge in [-0.3, -0.25) is 14.8 Å². The van der Waals surface area contributed by atoms with Gasteiger partial charge in [0.15, 0.2) is 0 Å². The summed E-state index contributed by atoms with van der Waals surface area (Å²) in [4.78, 5) is 17.8. The van der Waals surface area contributed by atoms with E-state index in [4.69, 9.17) is 4.99 Å². The molecule has 33 heavy (non-hydrogen) atoms. The number of benzene rings is 2. The Hall–Kier alpha value is -3.41. The topological polar surface area (TPSA) is 71.3 Å². The van der Waals surface area contributed by atoms with Crippen LogP contribution in [-0.4, -0.2) is 21.6 Å². The monoisotopic (exact) mass is 445 g/mol. The minimum Gasteiger partial charge on any atom is -0.326 e. The first-order valence-electron chi connectivity index (χ1n) is 11.4. The van der Waals surface area contributed by atoms with Crippen LogP contribution in [0.3, 0.4) is 0 Å². The number of carbonyl (C=O) groups is 1. The highest BCUT2D eigenvalue weighted by molar-refractivity contribution is 6.10. The van der Waals surface area contributed by atoms with Crippen LogP contribution in [0.15, 0.2) is 53.5 Å². The summed E-state index contributed by atoms with van der Waals surface area (Å²) >= 11 is 0. The standard InChI is InChI=1S/C27H35N5O/c1-8-20-10-9-11-23(16-20)29-26(28-17-24-18(2)31-32(7)19(24)3)30-25(33)21-12-14-22(15-13-21)27(4,5)6/h9-16H,8,17H2,1-7H3,(H2,28,29,30,33). The number of nitrogens with one attached hydrogen (secondary N) is 2. The fourth-order valence-corrected chi connectivity index (χ4v) is 3.62. The summed E-state index contributed by atoms with van der Waals surface area (Å²) in [6.07, 6.45) is 0.933. The fraction of sp³-hybridized carbons (Fsp3) is 0.370. The molecule has 1 heterocycles. The van der Waals surface area contributed by atoms with Crippen molar-refractivity contribution in [2.24, 2.45) is 12.0 Å². The summed E-state index contributed by atoms with van der Waals surface area (Å²) < 4.78 is 1.85. The van der Waals surface area contributed by atoms with Crippen LogP contribution >= 0.6 is 0 Å². The lowest BCUT2D eigenvalue weighted by molar-refractivity contribution is 0.0977. The smallest absolute Gasteiger partial charge is 0.257 e. The van der Waals surface area contributed by atoms with E-state index in [-0.39, 0.29) is 11.3 Å². The fourth-order valence-electron chi connectivity index (χ4n) is 3.62. The molecule has 0 aliphatic carbocycles. The SMILES string of the molecule is CCc1cccc(NC(=NCc2c(C)nn(C)c2C)NC(=O)c2ccc(C(C)(C)C)cc2)c1. The number of aliphatic imine (C=N–C) groups is 1. The van der Waals surface area contributed by atoms with Gasteiger partial charge >= 0.3 is 0 Å². The van der Waals surface area contributed by atoms with Gasteiger partial charge in [0.2, 0.25) is 5.96 Å². The molecule has 0 saturated heterocycles. The molecular formula is C27H35N5O. The average molecular weight is 446 g/mol. The Balaban J connectivity index is 1.86. The van der Waals surface area contributed by atoms with Crippen LogP contribution in [0, 0.1) is 13.8 Å². The summed E-state index contributed by atoms with van der Waals surface area (Å²) in [7, 11) is 1.92. The van der Waals surface area contributed by atoms with Crippen molar-refractivity contribution in [1.82, 2.24) is 15.1 Å². The van der Waals surface area contributed by atoms with Gasteiger partial charge in [0.25, 0.3) is 5.91 Å². The molecule has 6 heteroatoms. The zero-order chi connectivity index (χ0) is 24.2. The van der Waals surface area contributed by atoms with Gasteiger partial charge in [-0.05, 0) is 61.1 Å². The van der Waals surface area contributed by atoms with E-state index in [1.54, 1.807) is 0 Å². The maximum atomic E-state index is 13.0. The highest BCUT2D eigenvalue weighted by Gasteiger charge is 2.16. The number of hydrogen-bond acceptors (Lipinski definition) is 3. The molecule has 2 N–H and O–H groups in total. The van der Waals surface area contributed by atoms with Crippen molar-refractivity contribution in [3.63, 3.8) is 0 Å². The van der Waals surface area contributed by atoms with E-state index >= 15 is 0 Å². The van der Waals surface area contributed by atoms with E-state index in [1.165, 1.54) is 11.1 Å². The summed E-state index contributed by atoms with van der Waals surface area (Å²) in [6, 6.07) is 15.9. The number of anilines is 1. The highest BCUT2D eigenvalue weighted by atomic mass is 16.1. The van der Waals surface area contributed by atoms with Crippen LogP contribution in [0.5, 0.6) is 0 Å². The molecule has 1 aromatic heterocycles. The van der Waals surface area contributed by atoms with Gasteiger partial charge in [-0.2, -0.15) is 5.10 Å². The van der Waals surface area contributed by atoms with Crippen molar-refractivity contribution in [3.05, 3.63) is 82.2 Å². The molecule has 1 amide bonds. The van der Waals surface area contributed by atoms with Crippen LogP contribution in [0.4, 0.5) is 5.69 Å². The molecule has 0 unspecified atom stereocenters. The van der Waals surface area contributed by atoms with Gasteiger partial charge < -0.3 is 5.32 Å². The predicted octanol–water partition coefficient (Wildman–Crippen LogP) is 5.29. The molecule has 174 valence electrons.